The Balaban J connectivity index is 2.03. The molecular formula is C16H22N4O3. The molecule has 7 nitrogen and oxygen atoms in total. The van der Waals surface area contributed by atoms with E-state index in [4.69, 9.17) is 0 Å². The highest BCUT2D eigenvalue weighted by molar-refractivity contribution is 5.98. The van der Waals surface area contributed by atoms with E-state index >= 15 is 0 Å². The van der Waals surface area contributed by atoms with Crippen molar-refractivity contribution in [3.8, 4) is 0 Å². The summed E-state index contributed by atoms with van der Waals surface area (Å²) in [6.07, 6.45) is 2.32. The molecule has 7 heteroatoms. The van der Waals surface area contributed by atoms with Gasteiger partial charge in [0, 0.05) is 51.4 Å². The number of hydrogen-bond acceptors (Lipinski definition) is 4. The van der Waals surface area contributed by atoms with Gasteiger partial charge < -0.3 is 15.1 Å². The van der Waals surface area contributed by atoms with Crippen molar-refractivity contribution in [1.29, 1.82) is 0 Å². The first kappa shape index (κ1) is 16.9. The molecule has 1 aromatic heterocycles. The van der Waals surface area contributed by atoms with Crippen LogP contribution in [-0.2, 0) is 4.79 Å². The van der Waals surface area contributed by atoms with Crippen LogP contribution in [0.3, 0.4) is 0 Å². The van der Waals surface area contributed by atoms with Crippen LogP contribution >= 0.6 is 0 Å². The monoisotopic (exact) mass is 318 g/mol. The Labute approximate surface area is 135 Å². The van der Waals surface area contributed by atoms with E-state index in [1.54, 1.807) is 15.9 Å². The van der Waals surface area contributed by atoms with Crippen LogP contribution in [-0.4, -0.2) is 65.2 Å². The third-order valence-electron chi connectivity index (χ3n) is 3.79. The van der Waals surface area contributed by atoms with Gasteiger partial charge in [0.15, 0.2) is 0 Å². The van der Waals surface area contributed by atoms with Crippen molar-refractivity contribution in [1.82, 2.24) is 20.1 Å². The number of piperazine rings is 1. The van der Waals surface area contributed by atoms with Crippen molar-refractivity contribution < 1.29 is 14.4 Å². The van der Waals surface area contributed by atoms with Gasteiger partial charge in [-0.25, -0.2) is 0 Å². The molecule has 2 heterocycles. The number of rotatable bonds is 4. The minimum Gasteiger partial charge on any atom is -0.352 e. The van der Waals surface area contributed by atoms with Gasteiger partial charge in [0.05, 0.1) is 0 Å². The lowest BCUT2D eigenvalue weighted by atomic mass is 10.2. The van der Waals surface area contributed by atoms with E-state index in [1.165, 1.54) is 19.2 Å². The lowest BCUT2D eigenvalue weighted by Crippen LogP contribution is -2.50. The van der Waals surface area contributed by atoms with Crippen LogP contribution in [0.2, 0.25) is 0 Å². The zero-order chi connectivity index (χ0) is 16.8. The normalized spacial score (nSPS) is 14.5. The van der Waals surface area contributed by atoms with Crippen LogP contribution in [0.4, 0.5) is 0 Å². The Morgan fingerprint density at radius 1 is 1.17 bits per heavy atom. The van der Waals surface area contributed by atoms with Gasteiger partial charge in [0.25, 0.3) is 11.8 Å². The summed E-state index contributed by atoms with van der Waals surface area (Å²) in [6, 6.07) is 3.11. The van der Waals surface area contributed by atoms with Crippen LogP contribution in [0.1, 0.15) is 41.1 Å². The van der Waals surface area contributed by atoms with E-state index in [9.17, 15) is 14.4 Å². The molecule has 1 aromatic rings. The van der Waals surface area contributed by atoms with Crippen molar-refractivity contribution in [2.75, 3.05) is 32.7 Å². The summed E-state index contributed by atoms with van der Waals surface area (Å²) in [5.41, 5.74) is 0.685. The third-order valence-corrected chi connectivity index (χ3v) is 3.79. The molecule has 23 heavy (non-hydrogen) atoms. The summed E-state index contributed by atoms with van der Waals surface area (Å²) in [5, 5.41) is 2.78. The van der Waals surface area contributed by atoms with Gasteiger partial charge in [0.1, 0.15) is 5.69 Å². The van der Waals surface area contributed by atoms with Gasteiger partial charge >= 0.3 is 0 Å². The average Bonchev–Trinajstić information content (AvgIpc) is 2.59. The van der Waals surface area contributed by atoms with Crippen molar-refractivity contribution in [2.45, 2.75) is 20.3 Å². The SMILES string of the molecule is CCCNC(=O)c1ccnc(C(=O)N2CCN(C(C)=O)CC2)c1. The number of nitrogens with zero attached hydrogens (tertiary/aromatic N) is 3. The highest BCUT2D eigenvalue weighted by Crippen LogP contribution is 2.09. The summed E-state index contributed by atoms with van der Waals surface area (Å²) >= 11 is 0. The summed E-state index contributed by atoms with van der Waals surface area (Å²) in [6.45, 7) is 6.10. The third kappa shape index (κ3) is 4.28. The van der Waals surface area contributed by atoms with Crippen LogP contribution < -0.4 is 5.32 Å². The molecule has 124 valence electrons. The Bertz CT molecular complexity index is 595. The molecule has 1 saturated heterocycles. The molecule has 1 aliphatic rings. The van der Waals surface area contributed by atoms with Crippen LogP contribution in [0.25, 0.3) is 0 Å². The molecule has 0 bridgehead atoms. The first-order valence-corrected chi connectivity index (χ1v) is 7.82. The minimum atomic E-state index is -0.210. The van der Waals surface area contributed by atoms with E-state index in [1.807, 2.05) is 6.92 Å². The quantitative estimate of drug-likeness (QED) is 0.878. The fourth-order valence-corrected chi connectivity index (χ4v) is 2.42. The Kier molecular flexibility index (Phi) is 5.67. The largest absolute Gasteiger partial charge is 0.352 e. The summed E-state index contributed by atoms with van der Waals surface area (Å²) in [4.78, 5) is 43.2. The fourth-order valence-electron chi connectivity index (χ4n) is 2.42. The number of pyridine rings is 1. The van der Waals surface area contributed by atoms with Crippen LogP contribution in [0.15, 0.2) is 18.3 Å². The smallest absolute Gasteiger partial charge is 0.272 e. The fraction of sp³-hybridized carbons (Fsp3) is 0.500. The predicted molar refractivity (Wildman–Crippen MR) is 85.0 cm³/mol. The number of aromatic nitrogens is 1. The maximum atomic E-state index is 12.5. The number of hydrogen-bond donors (Lipinski definition) is 1. The molecule has 0 unspecified atom stereocenters. The highest BCUT2D eigenvalue weighted by Gasteiger charge is 2.24. The topological polar surface area (TPSA) is 82.6 Å². The molecule has 0 aliphatic carbocycles. The maximum Gasteiger partial charge on any atom is 0.272 e. The minimum absolute atomic E-state index is 0.0183. The zero-order valence-corrected chi connectivity index (χ0v) is 13.5. The van der Waals surface area contributed by atoms with Crippen molar-refractivity contribution in [3.05, 3.63) is 29.6 Å². The van der Waals surface area contributed by atoms with Gasteiger partial charge in [-0.2, -0.15) is 0 Å². The summed E-state index contributed by atoms with van der Waals surface area (Å²) in [7, 11) is 0. The number of nitrogens with one attached hydrogen (secondary N) is 1. The lowest BCUT2D eigenvalue weighted by Gasteiger charge is -2.34. The molecule has 0 atom stereocenters. The highest BCUT2D eigenvalue weighted by atomic mass is 16.2. The molecule has 3 amide bonds. The number of amides is 3. The van der Waals surface area contributed by atoms with Gasteiger partial charge in [-0.05, 0) is 18.6 Å². The lowest BCUT2D eigenvalue weighted by molar-refractivity contribution is -0.130. The Morgan fingerprint density at radius 2 is 1.83 bits per heavy atom. The second kappa shape index (κ2) is 7.71. The Morgan fingerprint density at radius 3 is 2.43 bits per heavy atom. The molecule has 0 spiro atoms. The van der Waals surface area contributed by atoms with E-state index in [-0.39, 0.29) is 23.4 Å². The van der Waals surface area contributed by atoms with Gasteiger partial charge in [-0.1, -0.05) is 6.92 Å². The average molecular weight is 318 g/mol. The maximum absolute atomic E-state index is 12.5. The Hall–Kier alpha value is -2.44. The van der Waals surface area contributed by atoms with Crippen molar-refractivity contribution >= 4 is 17.7 Å². The second-order valence-corrected chi connectivity index (χ2v) is 5.48. The van der Waals surface area contributed by atoms with E-state index in [2.05, 4.69) is 10.3 Å². The van der Waals surface area contributed by atoms with Crippen LogP contribution in [0.5, 0.6) is 0 Å². The van der Waals surface area contributed by atoms with E-state index in [0.29, 0.717) is 38.3 Å². The molecule has 0 saturated carbocycles. The zero-order valence-electron chi connectivity index (χ0n) is 13.5. The van der Waals surface area contributed by atoms with Crippen molar-refractivity contribution in [3.63, 3.8) is 0 Å². The predicted octanol–water partition coefficient (Wildman–Crippen LogP) is 0.526. The number of carbonyl (C=O) groups is 3. The van der Waals surface area contributed by atoms with E-state index < -0.39 is 0 Å². The van der Waals surface area contributed by atoms with Gasteiger partial charge in [-0.15, -0.1) is 0 Å². The molecular weight excluding hydrogens is 296 g/mol. The molecule has 1 N–H and O–H groups in total. The van der Waals surface area contributed by atoms with Gasteiger partial charge in [-0.3, -0.25) is 19.4 Å². The first-order valence-electron chi connectivity index (χ1n) is 7.82. The van der Waals surface area contributed by atoms with E-state index in [0.717, 1.165) is 6.42 Å². The second-order valence-electron chi connectivity index (χ2n) is 5.48. The molecule has 1 aliphatic heterocycles. The molecule has 1 fully saturated rings. The summed E-state index contributed by atoms with van der Waals surface area (Å²) in [5.74, 6) is -0.396. The molecule has 2 rings (SSSR count). The first-order chi connectivity index (χ1) is 11.0. The van der Waals surface area contributed by atoms with Crippen LogP contribution in [0, 0.1) is 0 Å². The van der Waals surface area contributed by atoms with Gasteiger partial charge in [0.2, 0.25) is 5.91 Å². The summed E-state index contributed by atoms with van der Waals surface area (Å²) < 4.78 is 0. The van der Waals surface area contributed by atoms with Crippen molar-refractivity contribution in [2.24, 2.45) is 0 Å². The molecule has 0 radical (unpaired) electrons. The number of carbonyl (C=O) groups excluding carboxylic acids is 3. The standard InChI is InChI=1S/C16H22N4O3/c1-3-5-18-15(22)13-4-6-17-14(11-13)16(23)20-9-7-19(8-10-20)12(2)21/h4,6,11H,3,5,7-10H2,1-2H3,(H,18,22). The molecule has 0 aromatic carbocycles.